The molecule has 3 aliphatic heterocycles. The van der Waals surface area contributed by atoms with Gasteiger partial charge in [-0.3, -0.25) is 23.7 Å². The second-order valence-corrected chi connectivity index (χ2v) is 19.7. The number of rotatable bonds is 16. The maximum atomic E-state index is 12.5. The molecule has 0 saturated carbocycles. The van der Waals surface area contributed by atoms with E-state index in [1.165, 1.54) is 17.0 Å². The highest BCUT2D eigenvalue weighted by atomic mass is 32.2. The van der Waals surface area contributed by atoms with Gasteiger partial charge in [0, 0.05) is 61.8 Å². The van der Waals surface area contributed by atoms with E-state index in [0.717, 1.165) is 50.5 Å². The minimum Gasteiger partial charge on any atom is -0.461 e. The van der Waals surface area contributed by atoms with Crippen LogP contribution >= 0.6 is 0 Å². The highest BCUT2D eigenvalue weighted by Gasteiger charge is 2.35. The summed E-state index contributed by atoms with van der Waals surface area (Å²) in [6, 6.07) is 22.3. The Kier molecular flexibility index (Phi) is 16.2. The van der Waals surface area contributed by atoms with Crippen molar-refractivity contribution in [1.29, 1.82) is 0 Å². The van der Waals surface area contributed by atoms with E-state index in [4.69, 9.17) is 25.7 Å². The predicted molar refractivity (Wildman–Crippen MR) is 234 cm³/mol. The Balaban J connectivity index is 0.000000260. The van der Waals surface area contributed by atoms with Crippen molar-refractivity contribution < 1.29 is 58.0 Å². The van der Waals surface area contributed by atoms with Crippen LogP contribution in [0, 0.1) is 0 Å². The van der Waals surface area contributed by atoms with Crippen LogP contribution in [0.3, 0.4) is 0 Å². The molecular weight excluding hydrogens is 885 g/mol. The molecule has 3 aromatic carbocycles. The summed E-state index contributed by atoms with van der Waals surface area (Å²) in [6.45, 7) is 5.13. The average molecular weight is 935 g/mol. The Hall–Kier alpha value is -5.66. The lowest BCUT2D eigenvalue weighted by atomic mass is 10.2. The molecule has 3 saturated heterocycles. The van der Waals surface area contributed by atoms with Crippen molar-refractivity contribution in [2.75, 3.05) is 87.5 Å². The number of hydrogen-bond acceptors (Lipinski definition) is 15. The maximum absolute atomic E-state index is 12.5. The molecule has 342 valence electrons. The van der Waals surface area contributed by atoms with E-state index >= 15 is 0 Å². The minimum absolute atomic E-state index is 0.107. The average Bonchev–Trinajstić information content (AvgIpc) is 3.78. The highest BCUT2D eigenvalue weighted by Crippen LogP contribution is 2.24. The standard InChI is InChI=1S/C26H33N5O6S.C13H17N3O7S2/c1-38(34,35)28-25(27)21-7-9-22(10-8-21)31-18-23(37-26(31)33)17-30-15-13-29(14-16-30)12-11-24(32)36-19-20-5-3-2-4-6-20;1-24(18,19)15-12(14)9-3-5-10(6-4-9)16-7-11(23-13(16)17)8-22-25(2,20)21/h2-10,23H,11-19H2,1H3,(H2,27,28);3-6,11H,7-8H2,1-2H3,(H2,14,15). The molecule has 2 unspecified atom stereocenters. The fourth-order valence-electron chi connectivity index (χ4n) is 6.48. The molecule has 3 heterocycles. The second-order valence-electron chi connectivity index (χ2n) is 14.8. The van der Waals surface area contributed by atoms with Gasteiger partial charge in [0.05, 0.1) is 38.3 Å². The van der Waals surface area contributed by atoms with Crippen molar-refractivity contribution in [1.82, 2.24) is 9.80 Å². The smallest absolute Gasteiger partial charge is 0.414 e. The highest BCUT2D eigenvalue weighted by molar-refractivity contribution is 7.89. The monoisotopic (exact) mass is 934 g/mol. The van der Waals surface area contributed by atoms with Crippen LogP contribution < -0.4 is 21.3 Å². The number of anilines is 2. The van der Waals surface area contributed by atoms with Gasteiger partial charge in [-0.05, 0) is 54.1 Å². The molecule has 24 heteroatoms. The SMILES string of the molecule is CS(=O)(=O)N=C(N)c1ccc(N2CC(CN3CCN(CCC(=O)OCc4ccccc4)CC3)OC2=O)cc1.CS(=O)(=O)N=C(N)c1ccc(N2CC(COS(C)(=O)=O)OC2=O)cc1. The molecule has 21 nitrogen and oxygen atoms in total. The number of hydrogen-bond donors (Lipinski definition) is 2. The maximum Gasteiger partial charge on any atom is 0.414 e. The molecule has 63 heavy (non-hydrogen) atoms. The Labute approximate surface area is 366 Å². The van der Waals surface area contributed by atoms with Crippen molar-refractivity contribution in [3.05, 3.63) is 95.6 Å². The first-order valence-electron chi connectivity index (χ1n) is 19.4. The lowest BCUT2D eigenvalue weighted by molar-refractivity contribution is -0.145. The number of carbonyl (C=O) groups is 3. The summed E-state index contributed by atoms with van der Waals surface area (Å²) in [4.78, 5) is 43.8. The first-order chi connectivity index (χ1) is 29.6. The number of piperazine rings is 1. The number of nitrogens with two attached hydrogens (primary N) is 2. The Morgan fingerprint density at radius 1 is 0.683 bits per heavy atom. The largest absolute Gasteiger partial charge is 0.461 e. The third-order valence-corrected chi connectivity index (χ3v) is 11.1. The third kappa shape index (κ3) is 15.9. The van der Waals surface area contributed by atoms with Gasteiger partial charge in [0.25, 0.3) is 30.2 Å². The molecule has 3 aliphatic rings. The number of cyclic esters (lactones) is 2. The number of nitrogens with zero attached hydrogens (tertiary/aromatic N) is 6. The second kappa shape index (κ2) is 21.1. The minimum atomic E-state index is -3.63. The van der Waals surface area contributed by atoms with Gasteiger partial charge in [-0.2, -0.15) is 8.42 Å². The van der Waals surface area contributed by atoms with Crippen molar-refractivity contribution in [2.24, 2.45) is 20.3 Å². The summed E-state index contributed by atoms with van der Waals surface area (Å²) < 4.78 is 94.3. The number of esters is 1. The van der Waals surface area contributed by atoms with Crippen molar-refractivity contribution in [2.45, 2.75) is 25.2 Å². The van der Waals surface area contributed by atoms with Crippen molar-refractivity contribution in [3.8, 4) is 0 Å². The van der Waals surface area contributed by atoms with Crippen molar-refractivity contribution >= 4 is 71.4 Å². The number of benzene rings is 3. The van der Waals surface area contributed by atoms with Gasteiger partial charge in [0.1, 0.15) is 37.1 Å². The van der Waals surface area contributed by atoms with Gasteiger partial charge in [-0.25, -0.2) is 26.4 Å². The van der Waals surface area contributed by atoms with E-state index in [1.54, 1.807) is 41.3 Å². The van der Waals surface area contributed by atoms with E-state index in [2.05, 4.69) is 22.8 Å². The summed E-state index contributed by atoms with van der Waals surface area (Å²) in [7, 11) is -10.8. The fraction of sp³-hybridized carbons (Fsp3) is 0.410. The van der Waals surface area contributed by atoms with Crippen LogP contribution in [0.4, 0.5) is 21.0 Å². The van der Waals surface area contributed by atoms with Gasteiger partial charge in [-0.15, -0.1) is 8.80 Å². The first-order valence-corrected chi connectivity index (χ1v) is 24.9. The lowest BCUT2D eigenvalue weighted by Gasteiger charge is -2.35. The zero-order chi connectivity index (χ0) is 46.0. The van der Waals surface area contributed by atoms with E-state index < -0.39 is 48.5 Å². The molecule has 3 fully saturated rings. The van der Waals surface area contributed by atoms with Crippen LogP contribution in [0.15, 0.2) is 87.7 Å². The van der Waals surface area contributed by atoms with Crippen LogP contribution in [0.25, 0.3) is 0 Å². The van der Waals surface area contributed by atoms with Crippen LogP contribution in [-0.4, -0.2) is 155 Å². The summed E-state index contributed by atoms with van der Waals surface area (Å²) in [5.41, 5.74) is 14.3. The fourth-order valence-corrected chi connectivity index (χ4v) is 7.80. The van der Waals surface area contributed by atoms with Gasteiger partial charge < -0.3 is 30.6 Å². The molecule has 0 radical (unpaired) electrons. The number of ether oxygens (including phenoxy) is 3. The van der Waals surface area contributed by atoms with Crippen LogP contribution in [0.2, 0.25) is 0 Å². The molecule has 0 aliphatic carbocycles. The number of sulfonamides is 2. The summed E-state index contributed by atoms with van der Waals surface area (Å²) in [6.07, 6.45) is 1.10. The van der Waals surface area contributed by atoms with E-state index in [0.29, 0.717) is 55.2 Å². The zero-order valence-electron chi connectivity index (χ0n) is 34.8. The Morgan fingerprint density at radius 3 is 1.62 bits per heavy atom. The molecule has 4 N–H and O–H groups in total. The van der Waals surface area contributed by atoms with Gasteiger partial charge in [0.15, 0.2) is 0 Å². The summed E-state index contributed by atoms with van der Waals surface area (Å²) >= 11 is 0. The summed E-state index contributed by atoms with van der Waals surface area (Å²) in [5, 5.41) is 0. The van der Waals surface area contributed by atoms with Crippen LogP contribution in [0.5, 0.6) is 0 Å². The molecule has 3 aromatic rings. The normalized spacial score (nSPS) is 19.3. The quantitative estimate of drug-likeness (QED) is 0.0668. The lowest BCUT2D eigenvalue weighted by Crippen LogP contribution is -2.49. The predicted octanol–water partition coefficient (Wildman–Crippen LogP) is 1.08. The first kappa shape index (κ1) is 48.4. The third-order valence-electron chi connectivity index (χ3n) is 9.50. The van der Waals surface area contributed by atoms with Gasteiger partial charge in [0.2, 0.25) is 0 Å². The summed E-state index contributed by atoms with van der Waals surface area (Å²) in [5.74, 6) is -0.478. The zero-order valence-corrected chi connectivity index (χ0v) is 37.3. The number of amidine groups is 2. The number of carbonyl (C=O) groups excluding carboxylic acids is 3. The molecule has 2 amide bonds. The molecule has 0 spiro atoms. The van der Waals surface area contributed by atoms with Crippen molar-refractivity contribution in [3.63, 3.8) is 0 Å². The van der Waals surface area contributed by atoms with Crippen LogP contribution in [-0.2, 0) is 60.0 Å². The topological polar surface area (TPSA) is 280 Å². The van der Waals surface area contributed by atoms with Gasteiger partial charge in [-0.1, -0.05) is 30.3 Å². The Bertz CT molecular complexity index is 2480. The van der Waals surface area contributed by atoms with E-state index in [9.17, 15) is 39.6 Å². The van der Waals surface area contributed by atoms with E-state index in [-0.39, 0.29) is 36.9 Å². The molecule has 0 bridgehead atoms. The van der Waals surface area contributed by atoms with E-state index in [1.807, 2.05) is 30.3 Å². The number of amides is 2. The molecule has 6 rings (SSSR count). The Morgan fingerprint density at radius 2 is 1.14 bits per heavy atom. The van der Waals surface area contributed by atoms with Gasteiger partial charge >= 0.3 is 18.2 Å². The molecule has 2 atom stereocenters. The van der Waals surface area contributed by atoms with Crippen LogP contribution in [0.1, 0.15) is 23.1 Å². The molecule has 0 aromatic heterocycles. The molecular formula is C39H50N8O13S3.